The van der Waals surface area contributed by atoms with Crippen LogP contribution in [0.2, 0.25) is 0 Å². The quantitative estimate of drug-likeness (QED) is 0.604. The summed E-state index contributed by atoms with van der Waals surface area (Å²) in [4.78, 5) is 8.73. The van der Waals surface area contributed by atoms with Gasteiger partial charge in [-0.05, 0) is 26.7 Å². The van der Waals surface area contributed by atoms with Crippen molar-refractivity contribution in [3.05, 3.63) is 11.4 Å². The summed E-state index contributed by atoms with van der Waals surface area (Å²) in [6.07, 6.45) is 2.19. The third kappa shape index (κ3) is 2.54. The lowest BCUT2D eigenvalue weighted by Gasteiger charge is -2.28. The first-order valence-corrected chi connectivity index (χ1v) is 6.13. The van der Waals surface area contributed by atoms with E-state index in [0.717, 1.165) is 24.2 Å². The molecule has 0 spiro atoms. The number of aliphatic hydroxyl groups excluding tert-OH is 2. The second kappa shape index (κ2) is 4.70. The van der Waals surface area contributed by atoms with Crippen LogP contribution in [0.15, 0.2) is 0 Å². The van der Waals surface area contributed by atoms with E-state index in [1.807, 2.05) is 6.92 Å². The lowest BCUT2D eigenvalue weighted by molar-refractivity contribution is 0.147. The van der Waals surface area contributed by atoms with Crippen molar-refractivity contribution in [1.29, 1.82) is 0 Å². The third-order valence-corrected chi connectivity index (χ3v) is 3.26. The molecule has 1 aromatic rings. The number of nitrogens with zero attached hydrogens (tertiary/aromatic N) is 2. The molecule has 1 fully saturated rings. The molecule has 0 radical (unpaired) electrons. The standard InChI is InChI=1S/C12H20N4O2/c1-7-9(13)14-11(8-3-4-8)15-10(7)16-12(2,5-17)6-18/h8,17-18H,3-6H2,1-2H3,(H3,13,14,15,16). The number of aliphatic hydroxyl groups is 2. The molecule has 6 nitrogen and oxygen atoms in total. The van der Waals surface area contributed by atoms with Crippen LogP contribution >= 0.6 is 0 Å². The van der Waals surface area contributed by atoms with Crippen molar-refractivity contribution in [2.24, 2.45) is 0 Å². The lowest BCUT2D eigenvalue weighted by atomic mass is 10.1. The Morgan fingerprint density at radius 1 is 1.33 bits per heavy atom. The van der Waals surface area contributed by atoms with Gasteiger partial charge in [-0.2, -0.15) is 0 Å². The van der Waals surface area contributed by atoms with Crippen LogP contribution in [0.4, 0.5) is 11.6 Å². The van der Waals surface area contributed by atoms with Gasteiger partial charge in [0.2, 0.25) is 0 Å². The largest absolute Gasteiger partial charge is 0.394 e. The Labute approximate surface area is 106 Å². The van der Waals surface area contributed by atoms with Crippen molar-refractivity contribution in [2.75, 3.05) is 24.3 Å². The fraction of sp³-hybridized carbons (Fsp3) is 0.667. The van der Waals surface area contributed by atoms with E-state index >= 15 is 0 Å². The van der Waals surface area contributed by atoms with Gasteiger partial charge in [-0.25, -0.2) is 9.97 Å². The molecule has 0 atom stereocenters. The zero-order chi connectivity index (χ0) is 13.3. The molecule has 18 heavy (non-hydrogen) atoms. The van der Waals surface area contributed by atoms with Crippen molar-refractivity contribution < 1.29 is 10.2 Å². The number of anilines is 2. The number of nitrogen functional groups attached to an aromatic ring is 1. The highest BCUT2D eigenvalue weighted by Crippen LogP contribution is 2.39. The summed E-state index contributed by atoms with van der Waals surface area (Å²) in [5.74, 6) is 2.20. The topological polar surface area (TPSA) is 104 Å². The Morgan fingerprint density at radius 2 is 1.94 bits per heavy atom. The molecule has 100 valence electrons. The Morgan fingerprint density at radius 3 is 2.44 bits per heavy atom. The molecule has 1 saturated carbocycles. The molecule has 1 aromatic heterocycles. The smallest absolute Gasteiger partial charge is 0.136 e. The van der Waals surface area contributed by atoms with E-state index in [1.54, 1.807) is 6.92 Å². The highest BCUT2D eigenvalue weighted by Gasteiger charge is 2.29. The van der Waals surface area contributed by atoms with Crippen LogP contribution in [0, 0.1) is 6.92 Å². The maximum absolute atomic E-state index is 9.30. The van der Waals surface area contributed by atoms with Crippen molar-refractivity contribution in [1.82, 2.24) is 9.97 Å². The summed E-state index contributed by atoms with van der Waals surface area (Å²) >= 11 is 0. The summed E-state index contributed by atoms with van der Waals surface area (Å²) in [6.45, 7) is 3.17. The zero-order valence-electron chi connectivity index (χ0n) is 10.8. The van der Waals surface area contributed by atoms with Gasteiger partial charge in [0.25, 0.3) is 0 Å². The number of nitrogens with two attached hydrogens (primary N) is 1. The minimum absolute atomic E-state index is 0.189. The molecule has 5 N–H and O–H groups in total. The van der Waals surface area contributed by atoms with Gasteiger partial charge >= 0.3 is 0 Å². The van der Waals surface area contributed by atoms with Gasteiger partial charge in [0.1, 0.15) is 17.5 Å². The Balaban J connectivity index is 2.31. The summed E-state index contributed by atoms with van der Waals surface area (Å²) in [5, 5.41) is 21.7. The third-order valence-electron chi connectivity index (χ3n) is 3.26. The SMILES string of the molecule is Cc1c(N)nc(C2CC2)nc1NC(C)(CO)CO. The number of nitrogens with one attached hydrogen (secondary N) is 1. The monoisotopic (exact) mass is 252 g/mol. The van der Waals surface area contributed by atoms with Crippen LogP contribution in [0.5, 0.6) is 0 Å². The Hall–Kier alpha value is -1.40. The van der Waals surface area contributed by atoms with E-state index in [1.165, 1.54) is 0 Å². The molecule has 0 bridgehead atoms. The summed E-state index contributed by atoms with van der Waals surface area (Å²) < 4.78 is 0. The lowest BCUT2D eigenvalue weighted by Crippen LogP contribution is -2.43. The number of aromatic nitrogens is 2. The molecule has 0 aliphatic heterocycles. The van der Waals surface area contributed by atoms with E-state index < -0.39 is 5.54 Å². The average molecular weight is 252 g/mol. The molecular weight excluding hydrogens is 232 g/mol. The normalized spacial score (nSPS) is 15.8. The first kappa shape index (κ1) is 13.0. The summed E-state index contributed by atoms with van der Waals surface area (Å²) in [7, 11) is 0. The Kier molecular flexibility index (Phi) is 3.41. The summed E-state index contributed by atoms with van der Waals surface area (Å²) in [5.41, 5.74) is 5.80. The molecular formula is C12H20N4O2. The fourth-order valence-electron chi connectivity index (χ4n) is 1.61. The zero-order valence-corrected chi connectivity index (χ0v) is 10.8. The summed E-state index contributed by atoms with van der Waals surface area (Å²) in [6, 6.07) is 0. The second-order valence-electron chi connectivity index (χ2n) is 5.22. The second-order valence-corrected chi connectivity index (χ2v) is 5.22. The molecule has 6 heteroatoms. The van der Waals surface area contributed by atoms with Gasteiger partial charge in [-0.3, -0.25) is 0 Å². The van der Waals surface area contributed by atoms with E-state index in [4.69, 9.17) is 5.73 Å². The van der Waals surface area contributed by atoms with Crippen LogP contribution in [-0.4, -0.2) is 38.9 Å². The fourth-order valence-corrected chi connectivity index (χ4v) is 1.61. The maximum Gasteiger partial charge on any atom is 0.136 e. The molecule has 0 aromatic carbocycles. The minimum atomic E-state index is -0.813. The first-order chi connectivity index (χ1) is 8.49. The molecule has 0 saturated heterocycles. The van der Waals surface area contributed by atoms with E-state index in [-0.39, 0.29) is 13.2 Å². The molecule has 1 aliphatic carbocycles. The molecule has 1 aliphatic rings. The van der Waals surface area contributed by atoms with Crippen LogP contribution in [0.1, 0.15) is 37.1 Å². The van der Waals surface area contributed by atoms with E-state index in [9.17, 15) is 10.2 Å². The van der Waals surface area contributed by atoms with Crippen LogP contribution in [0.25, 0.3) is 0 Å². The molecule has 0 amide bonds. The van der Waals surface area contributed by atoms with Gasteiger partial charge in [0.15, 0.2) is 0 Å². The van der Waals surface area contributed by atoms with Crippen molar-refractivity contribution in [3.63, 3.8) is 0 Å². The van der Waals surface area contributed by atoms with Gasteiger partial charge in [-0.15, -0.1) is 0 Å². The van der Waals surface area contributed by atoms with Gasteiger partial charge in [0.05, 0.1) is 18.8 Å². The highest BCUT2D eigenvalue weighted by atomic mass is 16.3. The number of hydrogen-bond acceptors (Lipinski definition) is 6. The van der Waals surface area contributed by atoms with Gasteiger partial charge < -0.3 is 21.3 Å². The average Bonchev–Trinajstić information content (AvgIpc) is 3.18. The molecule has 1 heterocycles. The van der Waals surface area contributed by atoms with Gasteiger partial charge in [0, 0.05) is 11.5 Å². The van der Waals surface area contributed by atoms with Crippen molar-refractivity contribution in [3.8, 4) is 0 Å². The van der Waals surface area contributed by atoms with E-state index in [2.05, 4.69) is 15.3 Å². The first-order valence-electron chi connectivity index (χ1n) is 6.13. The molecule has 0 unspecified atom stereocenters. The maximum atomic E-state index is 9.30. The van der Waals surface area contributed by atoms with Crippen molar-refractivity contribution in [2.45, 2.75) is 38.1 Å². The van der Waals surface area contributed by atoms with Crippen LogP contribution in [-0.2, 0) is 0 Å². The van der Waals surface area contributed by atoms with Crippen LogP contribution in [0.3, 0.4) is 0 Å². The minimum Gasteiger partial charge on any atom is -0.394 e. The number of rotatable bonds is 5. The molecule has 2 rings (SSSR count). The van der Waals surface area contributed by atoms with Crippen LogP contribution < -0.4 is 11.1 Å². The van der Waals surface area contributed by atoms with Crippen molar-refractivity contribution >= 4 is 11.6 Å². The predicted molar refractivity (Wildman–Crippen MR) is 69.4 cm³/mol. The van der Waals surface area contributed by atoms with E-state index in [0.29, 0.717) is 17.6 Å². The highest BCUT2D eigenvalue weighted by molar-refractivity contribution is 5.56. The Bertz CT molecular complexity index is 442. The predicted octanol–water partition coefficient (Wildman–Crippen LogP) is 0.400. The number of hydrogen-bond donors (Lipinski definition) is 4. The van der Waals surface area contributed by atoms with Gasteiger partial charge in [-0.1, -0.05) is 0 Å².